The van der Waals surface area contributed by atoms with Crippen molar-refractivity contribution in [3.63, 3.8) is 0 Å². The first kappa shape index (κ1) is 19.0. The number of aromatic nitrogens is 5. The Kier molecular flexibility index (Phi) is 4.37. The first-order valence-electron chi connectivity index (χ1n) is 9.78. The maximum atomic E-state index is 13.3. The molecule has 29 heavy (non-hydrogen) atoms. The van der Waals surface area contributed by atoms with Crippen molar-refractivity contribution in [2.24, 2.45) is 13.0 Å². The highest BCUT2D eigenvalue weighted by molar-refractivity contribution is 5.78. The van der Waals surface area contributed by atoms with E-state index < -0.39 is 0 Å². The Bertz CT molecular complexity index is 1370. The molecule has 1 aromatic carbocycles. The van der Waals surface area contributed by atoms with Gasteiger partial charge in [0.1, 0.15) is 0 Å². The van der Waals surface area contributed by atoms with E-state index in [1.807, 2.05) is 47.1 Å². The van der Waals surface area contributed by atoms with Crippen molar-refractivity contribution < 1.29 is 0 Å². The van der Waals surface area contributed by atoms with E-state index in [1.165, 1.54) is 9.13 Å². The summed E-state index contributed by atoms with van der Waals surface area (Å²) in [6.07, 6.45) is 0.752. The Morgan fingerprint density at radius 2 is 1.79 bits per heavy atom. The molecule has 3 heterocycles. The summed E-state index contributed by atoms with van der Waals surface area (Å²) in [7, 11) is 1.66. The summed E-state index contributed by atoms with van der Waals surface area (Å²) >= 11 is 0. The SMILES string of the molecule is Cc1c(C)n2c3c(=O)n(CCC(C)C)c(=O)n(C)c3nc2n1-c1ccccc1N. The normalized spacial score (nSPS) is 11.9. The molecule has 0 amide bonds. The van der Waals surface area contributed by atoms with Crippen LogP contribution in [0, 0.1) is 19.8 Å². The third-order valence-electron chi connectivity index (χ3n) is 5.63. The molecule has 152 valence electrons. The van der Waals surface area contributed by atoms with Gasteiger partial charge in [0, 0.05) is 25.0 Å². The first-order chi connectivity index (χ1) is 13.7. The number of aryl methyl sites for hydroxylation is 2. The number of nitrogens with two attached hydrogens (primary N) is 1. The lowest BCUT2D eigenvalue weighted by atomic mass is 10.1. The Hall–Kier alpha value is -3.29. The molecule has 0 bridgehead atoms. The van der Waals surface area contributed by atoms with E-state index in [-0.39, 0.29) is 11.2 Å². The van der Waals surface area contributed by atoms with Crippen molar-refractivity contribution in [3.8, 4) is 5.69 Å². The van der Waals surface area contributed by atoms with Crippen LogP contribution in [-0.4, -0.2) is 23.1 Å². The Balaban J connectivity index is 2.13. The summed E-state index contributed by atoms with van der Waals surface area (Å²) in [4.78, 5) is 30.8. The zero-order chi connectivity index (χ0) is 21.0. The number of fused-ring (bicyclic) bond motifs is 3. The van der Waals surface area contributed by atoms with Crippen molar-refractivity contribution in [1.29, 1.82) is 0 Å². The van der Waals surface area contributed by atoms with Gasteiger partial charge in [-0.05, 0) is 38.3 Å². The summed E-state index contributed by atoms with van der Waals surface area (Å²) in [5.41, 5.74) is 9.59. The monoisotopic (exact) mass is 394 g/mol. The molecule has 3 aromatic heterocycles. The minimum Gasteiger partial charge on any atom is -0.397 e. The minimum absolute atomic E-state index is 0.308. The lowest BCUT2D eigenvalue weighted by molar-refractivity contribution is 0.488. The van der Waals surface area contributed by atoms with E-state index in [2.05, 4.69) is 13.8 Å². The highest BCUT2D eigenvalue weighted by Gasteiger charge is 2.23. The van der Waals surface area contributed by atoms with Gasteiger partial charge in [0.25, 0.3) is 5.56 Å². The van der Waals surface area contributed by atoms with Gasteiger partial charge >= 0.3 is 5.69 Å². The molecule has 4 rings (SSSR count). The second kappa shape index (κ2) is 6.65. The van der Waals surface area contributed by atoms with Gasteiger partial charge in [-0.25, -0.2) is 4.79 Å². The Morgan fingerprint density at radius 3 is 2.45 bits per heavy atom. The Labute approximate surface area is 167 Å². The second-order valence-electron chi connectivity index (χ2n) is 7.97. The largest absolute Gasteiger partial charge is 0.397 e. The fourth-order valence-corrected chi connectivity index (χ4v) is 3.81. The number of nitrogens with zero attached hydrogens (tertiary/aromatic N) is 5. The number of benzene rings is 1. The smallest absolute Gasteiger partial charge is 0.332 e. The molecule has 0 aliphatic rings. The fourth-order valence-electron chi connectivity index (χ4n) is 3.81. The van der Waals surface area contributed by atoms with Crippen LogP contribution in [0.15, 0.2) is 33.9 Å². The molecule has 8 heteroatoms. The minimum atomic E-state index is -0.343. The summed E-state index contributed by atoms with van der Waals surface area (Å²) < 4.78 is 6.55. The van der Waals surface area contributed by atoms with Crippen LogP contribution in [0.2, 0.25) is 0 Å². The predicted molar refractivity (Wildman–Crippen MR) is 115 cm³/mol. The predicted octanol–water partition coefficient (Wildman–Crippen LogP) is 2.38. The highest BCUT2D eigenvalue weighted by Crippen LogP contribution is 2.27. The standard InChI is InChI=1S/C21H26N6O2/c1-12(2)10-11-25-19(28)17-18(24(5)21(25)29)23-20-26(13(3)14(4)27(17)20)16-9-7-6-8-15(16)22/h6-9,12H,10-11,22H2,1-5H3. The van der Waals surface area contributed by atoms with Crippen LogP contribution in [0.1, 0.15) is 31.7 Å². The van der Waals surface area contributed by atoms with Crippen molar-refractivity contribution in [2.45, 2.75) is 40.7 Å². The third kappa shape index (κ3) is 2.70. The maximum absolute atomic E-state index is 13.3. The zero-order valence-electron chi connectivity index (χ0n) is 17.4. The molecule has 0 unspecified atom stereocenters. The fraction of sp³-hybridized carbons (Fsp3) is 0.381. The number of hydrogen-bond acceptors (Lipinski definition) is 4. The number of rotatable bonds is 4. The molecule has 0 fully saturated rings. The van der Waals surface area contributed by atoms with Crippen molar-refractivity contribution in [2.75, 3.05) is 5.73 Å². The lowest BCUT2D eigenvalue weighted by Crippen LogP contribution is -2.39. The van der Waals surface area contributed by atoms with E-state index in [0.29, 0.717) is 35.1 Å². The van der Waals surface area contributed by atoms with Gasteiger partial charge in [0.15, 0.2) is 11.2 Å². The zero-order valence-corrected chi connectivity index (χ0v) is 17.4. The molecule has 0 aliphatic carbocycles. The van der Waals surface area contributed by atoms with E-state index in [9.17, 15) is 9.59 Å². The van der Waals surface area contributed by atoms with Crippen molar-refractivity contribution >= 4 is 22.6 Å². The van der Waals surface area contributed by atoms with Crippen LogP contribution < -0.4 is 17.0 Å². The molecule has 0 saturated heterocycles. The molecular weight excluding hydrogens is 368 g/mol. The van der Waals surface area contributed by atoms with Crippen LogP contribution in [-0.2, 0) is 13.6 Å². The maximum Gasteiger partial charge on any atom is 0.332 e. The first-order valence-corrected chi connectivity index (χ1v) is 9.78. The van der Waals surface area contributed by atoms with Gasteiger partial charge in [0.2, 0.25) is 5.78 Å². The van der Waals surface area contributed by atoms with E-state index in [1.54, 1.807) is 7.05 Å². The quantitative estimate of drug-likeness (QED) is 0.538. The summed E-state index contributed by atoms with van der Waals surface area (Å²) in [5.74, 6) is 0.959. The number of anilines is 1. The molecule has 4 aromatic rings. The molecule has 8 nitrogen and oxygen atoms in total. The molecule has 2 N–H and O–H groups in total. The van der Waals surface area contributed by atoms with Crippen LogP contribution >= 0.6 is 0 Å². The number of imidazole rings is 2. The summed E-state index contributed by atoms with van der Waals surface area (Å²) in [6.45, 7) is 8.45. The molecule has 0 saturated carbocycles. The summed E-state index contributed by atoms with van der Waals surface area (Å²) in [6, 6.07) is 7.54. The topological polar surface area (TPSA) is 92.2 Å². The molecular formula is C21H26N6O2. The van der Waals surface area contributed by atoms with Crippen molar-refractivity contribution in [3.05, 3.63) is 56.5 Å². The van der Waals surface area contributed by atoms with Gasteiger partial charge in [-0.15, -0.1) is 0 Å². The summed E-state index contributed by atoms with van der Waals surface area (Å²) in [5, 5.41) is 0. The van der Waals surface area contributed by atoms with Gasteiger partial charge in [-0.1, -0.05) is 26.0 Å². The molecule has 0 spiro atoms. The Morgan fingerprint density at radius 1 is 1.10 bits per heavy atom. The number of hydrogen-bond donors (Lipinski definition) is 1. The van der Waals surface area contributed by atoms with Crippen molar-refractivity contribution in [1.82, 2.24) is 23.1 Å². The molecule has 0 atom stereocenters. The highest BCUT2D eigenvalue weighted by atomic mass is 16.2. The number of nitrogen functional groups attached to an aromatic ring is 1. The average molecular weight is 394 g/mol. The molecule has 0 radical (unpaired) electrons. The van der Waals surface area contributed by atoms with Gasteiger partial charge in [-0.2, -0.15) is 4.98 Å². The average Bonchev–Trinajstić information content (AvgIpc) is 3.17. The lowest BCUT2D eigenvalue weighted by Gasteiger charge is -2.10. The van der Waals surface area contributed by atoms with E-state index in [4.69, 9.17) is 10.7 Å². The molecule has 0 aliphatic heterocycles. The van der Waals surface area contributed by atoms with E-state index in [0.717, 1.165) is 23.5 Å². The van der Waals surface area contributed by atoms with Gasteiger partial charge in [-0.3, -0.25) is 22.9 Å². The van der Waals surface area contributed by atoms with Crippen LogP contribution in [0.4, 0.5) is 5.69 Å². The second-order valence-corrected chi connectivity index (χ2v) is 7.97. The number of para-hydroxylation sites is 2. The van der Waals surface area contributed by atoms with Crippen LogP contribution in [0.25, 0.3) is 22.6 Å². The van der Waals surface area contributed by atoms with Gasteiger partial charge < -0.3 is 5.73 Å². The van der Waals surface area contributed by atoms with Crippen LogP contribution in [0.3, 0.4) is 0 Å². The van der Waals surface area contributed by atoms with Gasteiger partial charge in [0.05, 0.1) is 11.4 Å². The van der Waals surface area contributed by atoms with Crippen LogP contribution in [0.5, 0.6) is 0 Å². The third-order valence-corrected chi connectivity index (χ3v) is 5.63. The van der Waals surface area contributed by atoms with E-state index >= 15 is 0 Å².